The van der Waals surface area contributed by atoms with Crippen LogP contribution in [0.2, 0.25) is 0 Å². The molecule has 19 heavy (non-hydrogen) atoms. The lowest BCUT2D eigenvalue weighted by Crippen LogP contribution is -2.15. The highest BCUT2D eigenvalue weighted by atomic mass is 19.4. The van der Waals surface area contributed by atoms with Gasteiger partial charge in [-0.2, -0.15) is 13.2 Å². The number of esters is 1. The summed E-state index contributed by atoms with van der Waals surface area (Å²) in [4.78, 5) is 19.5. The van der Waals surface area contributed by atoms with E-state index in [1.165, 1.54) is 7.11 Å². The second-order valence-electron chi connectivity index (χ2n) is 4.12. The first-order valence-electron chi connectivity index (χ1n) is 5.65. The zero-order valence-electron chi connectivity index (χ0n) is 10.2. The zero-order chi connectivity index (χ0) is 14.0. The minimum absolute atomic E-state index is 0.0141. The van der Waals surface area contributed by atoms with E-state index in [0.717, 1.165) is 0 Å². The highest BCUT2D eigenvalue weighted by Crippen LogP contribution is 2.23. The van der Waals surface area contributed by atoms with Crippen LogP contribution in [0, 0.1) is 0 Å². The van der Waals surface area contributed by atoms with Crippen LogP contribution in [0.3, 0.4) is 0 Å². The minimum atomic E-state index is -4.27. The number of carbonyl (C=O) groups excluding carboxylic acids is 1. The first-order chi connectivity index (χ1) is 8.90. The number of ether oxygens (including phenoxy) is 1. The molecule has 1 N–H and O–H groups in total. The van der Waals surface area contributed by atoms with E-state index < -0.39 is 18.6 Å². The summed E-state index contributed by atoms with van der Waals surface area (Å²) in [5.74, 6) is -0.643. The number of nitrogens with zero attached hydrogens (tertiary/aromatic N) is 2. The first kappa shape index (κ1) is 13.7. The van der Waals surface area contributed by atoms with Crippen LogP contribution in [-0.4, -0.2) is 29.2 Å². The van der Waals surface area contributed by atoms with Gasteiger partial charge in [0.2, 0.25) is 0 Å². The van der Waals surface area contributed by atoms with Crippen molar-refractivity contribution >= 4 is 5.97 Å². The molecule has 8 heteroatoms. The molecule has 5 nitrogen and oxygen atoms in total. The van der Waals surface area contributed by atoms with Crippen molar-refractivity contribution in [3.8, 4) is 0 Å². The molecule has 1 aliphatic rings. The third-order valence-electron chi connectivity index (χ3n) is 2.74. The first-order valence-corrected chi connectivity index (χ1v) is 5.65. The largest absolute Gasteiger partial charge is 0.464 e. The van der Waals surface area contributed by atoms with Crippen molar-refractivity contribution < 1.29 is 22.7 Å². The molecule has 1 aromatic heterocycles. The lowest BCUT2D eigenvalue weighted by molar-refractivity contribution is -0.134. The van der Waals surface area contributed by atoms with Gasteiger partial charge in [-0.15, -0.1) is 0 Å². The van der Waals surface area contributed by atoms with E-state index in [1.807, 2.05) is 0 Å². The van der Waals surface area contributed by atoms with Crippen molar-refractivity contribution in [2.75, 3.05) is 7.11 Å². The third kappa shape index (κ3) is 3.19. The molecule has 0 saturated heterocycles. The lowest BCUT2D eigenvalue weighted by Gasteiger charge is -2.09. The number of alkyl halides is 3. The quantitative estimate of drug-likeness (QED) is 0.844. The van der Waals surface area contributed by atoms with Gasteiger partial charge in [-0.3, -0.25) is 0 Å². The van der Waals surface area contributed by atoms with Gasteiger partial charge >= 0.3 is 12.1 Å². The smallest absolute Gasteiger partial charge is 0.389 e. The van der Waals surface area contributed by atoms with E-state index >= 15 is 0 Å². The van der Waals surface area contributed by atoms with Crippen molar-refractivity contribution in [2.24, 2.45) is 0 Å². The Bertz CT molecular complexity index is 503. The van der Waals surface area contributed by atoms with Gasteiger partial charge in [-0.05, 0) is 0 Å². The highest BCUT2D eigenvalue weighted by Gasteiger charge is 2.29. The molecule has 0 aromatic carbocycles. The molecule has 2 heterocycles. The summed E-state index contributed by atoms with van der Waals surface area (Å²) in [6.07, 6.45) is -5.63. The SMILES string of the molecule is COC(=O)c1nc(CCC(F)(F)F)nc2c1CNC2. The standard InChI is InChI=1S/C11H12F3N3O2/c1-19-10(18)9-6-4-15-5-7(6)16-8(17-9)2-3-11(12,13)14/h15H,2-5H2,1H3. The maximum absolute atomic E-state index is 12.2. The summed E-state index contributed by atoms with van der Waals surface area (Å²) in [6, 6.07) is 0. The van der Waals surface area contributed by atoms with Crippen molar-refractivity contribution in [1.82, 2.24) is 15.3 Å². The molecular formula is C11H12F3N3O2. The summed E-state index contributed by atoms with van der Waals surface area (Å²) < 4.78 is 41.1. The Morgan fingerprint density at radius 1 is 1.37 bits per heavy atom. The molecule has 0 amide bonds. The maximum Gasteiger partial charge on any atom is 0.389 e. The maximum atomic E-state index is 12.2. The minimum Gasteiger partial charge on any atom is -0.464 e. The topological polar surface area (TPSA) is 64.1 Å². The van der Waals surface area contributed by atoms with Crippen molar-refractivity contribution in [1.29, 1.82) is 0 Å². The predicted molar refractivity (Wildman–Crippen MR) is 58.3 cm³/mol. The van der Waals surface area contributed by atoms with Gasteiger partial charge in [0, 0.05) is 25.1 Å². The fourth-order valence-corrected chi connectivity index (χ4v) is 1.85. The van der Waals surface area contributed by atoms with E-state index in [9.17, 15) is 18.0 Å². The number of nitrogens with one attached hydrogen (secondary N) is 1. The molecular weight excluding hydrogens is 263 g/mol. The Balaban J connectivity index is 2.29. The summed E-state index contributed by atoms with van der Waals surface area (Å²) in [6.45, 7) is 0.834. The number of fused-ring (bicyclic) bond motifs is 1. The van der Waals surface area contributed by atoms with E-state index in [4.69, 9.17) is 0 Å². The molecule has 0 bridgehead atoms. The van der Waals surface area contributed by atoms with Crippen LogP contribution in [0.1, 0.15) is 34.0 Å². The number of aromatic nitrogens is 2. The Morgan fingerprint density at radius 3 is 2.74 bits per heavy atom. The molecule has 1 aliphatic heterocycles. The van der Waals surface area contributed by atoms with Gasteiger partial charge in [-0.25, -0.2) is 14.8 Å². The number of rotatable bonds is 3. The van der Waals surface area contributed by atoms with E-state index in [1.54, 1.807) is 0 Å². The monoisotopic (exact) mass is 275 g/mol. The van der Waals surface area contributed by atoms with Crippen LogP contribution in [0.4, 0.5) is 13.2 Å². The Kier molecular flexibility index (Phi) is 3.70. The van der Waals surface area contributed by atoms with Gasteiger partial charge in [0.05, 0.1) is 19.2 Å². The molecule has 0 atom stereocenters. The van der Waals surface area contributed by atoms with Gasteiger partial charge in [0.1, 0.15) is 5.82 Å². The number of aryl methyl sites for hydroxylation is 1. The van der Waals surface area contributed by atoms with E-state index in [0.29, 0.717) is 24.3 Å². The van der Waals surface area contributed by atoms with E-state index in [-0.39, 0.29) is 17.9 Å². The molecule has 0 aliphatic carbocycles. The highest BCUT2D eigenvalue weighted by molar-refractivity contribution is 5.89. The average Bonchev–Trinajstić information content (AvgIpc) is 2.81. The Morgan fingerprint density at radius 2 is 2.11 bits per heavy atom. The van der Waals surface area contributed by atoms with Crippen molar-refractivity contribution in [3.05, 3.63) is 22.8 Å². The summed E-state index contributed by atoms with van der Waals surface area (Å²) >= 11 is 0. The number of halogens is 3. The Labute approximate surface area is 107 Å². The van der Waals surface area contributed by atoms with Crippen molar-refractivity contribution in [2.45, 2.75) is 32.1 Å². The van der Waals surface area contributed by atoms with Crippen LogP contribution in [0.15, 0.2) is 0 Å². The number of hydrogen-bond acceptors (Lipinski definition) is 5. The van der Waals surface area contributed by atoms with Crippen LogP contribution >= 0.6 is 0 Å². The van der Waals surface area contributed by atoms with Crippen LogP contribution < -0.4 is 5.32 Å². The molecule has 104 valence electrons. The van der Waals surface area contributed by atoms with E-state index in [2.05, 4.69) is 20.0 Å². The fourth-order valence-electron chi connectivity index (χ4n) is 1.85. The lowest BCUT2D eigenvalue weighted by atomic mass is 10.1. The van der Waals surface area contributed by atoms with Crippen LogP contribution in [0.5, 0.6) is 0 Å². The molecule has 0 spiro atoms. The number of hydrogen-bond donors (Lipinski definition) is 1. The molecule has 0 saturated carbocycles. The van der Waals surface area contributed by atoms with Crippen molar-refractivity contribution in [3.63, 3.8) is 0 Å². The van der Waals surface area contributed by atoms with Gasteiger partial charge < -0.3 is 10.1 Å². The molecule has 0 unspecified atom stereocenters. The predicted octanol–water partition coefficient (Wildman–Crippen LogP) is 1.36. The summed E-state index contributed by atoms with van der Waals surface area (Å²) in [5, 5.41) is 2.97. The Hall–Kier alpha value is -1.70. The van der Waals surface area contributed by atoms with Crippen LogP contribution in [0.25, 0.3) is 0 Å². The molecule has 0 radical (unpaired) electrons. The average molecular weight is 275 g/mol. The normalized spacial score (nSPS) is 14.3. The summed E-state index contributed by atoms with van der Waals surface area (Å²) in [7, 11) is 1.20. The number of carbonyl (C=O) groups is 1. The van der Waals surface area contributed by atoms with Gasteiger partial charge in [-0.1, -0.05) is 0 Å². The van der Waals surface area contributed by atoms with Crippen LogP contribution in [-0.2, 0) is 24.2 Å². The summed E-state index contributed by atoms with van der Waals surface area (Å²) in [5.41, 5.74) is 1.21. The molecule has 0 fully saturated rings. The second kappa shape index (κ2) is 5.12. The fraction of sp³-hybridized carbons (Fsp3) is 0.545. The van der Waals surface area contributed by atoms with Gasteiger partial charge in [0.25, 0.3) is 0 Å². The zero-order valence-corrected chi connectivity index (χ0v) is 10.2. The third-order valence-corrected chi connectivity index (χ3v) is 2.74. The molecule has 2 rings (SSSR count). The van der Waals surface area contributed by atoms with Gasteiger partial charge in [0.15, 0.2) is 5.69 Å². The number of methoxy groups -OCH3 is 1. The molecule has 1 aromatic rings. The second-order valence-corrected chi connectivity index (χ2v) is 4.12.